The van der Waals surface area contributed by atoms with Gasteiger partial charge in [0.05, 0.1) is 6.61 Å². The third kappa shape index (κ3) is 10.7. The number of hydrogen-bond donors (Lipinski definition) is 0. The first-order chi connectivity index (χ1) is 2.91. The van der Waals surface area contributed by atoms with E-state index in [0.717, 1.165) is 6.42 Å². The molecule has 0 rings (SSSR count). The quantitative estimate of drug-likeness (QED) is 0.224. The molecule has 0 atom stereocenters. The second-order valence-electron chi connectivity index (χ2n) is 0.967. The van der Waals surface area contributed by atoms with E-state index < -0.39 is 0 Å². The van der Waals surface area contributed by atoms with E-state index in [2.05, 4.69) is 4.74 Å². The molecule has 0 aromatic carbocycles. The smallest absolute Gasteiger partial charge is 1.00 e. The second-order valence-corrected chi connectivity index (χ2v) is 0.967. The molecule has 3 heteroatoms. The number of rotatable bonds is 3. The van der Waals surface area contributed by atoms with Crippen LogP contribution < -0.4 is 18.9 Å². The van der Waals surface area contributed by atoms with Crippen LogP contribution in [0.1, 0.15) is 14.8 Å². The van der Waals surface area contributed by atoms with Crippen molar-refractivity contribution < 1.29 is 29.8 Å². The van der Waals surface area contributed by atoms with Crippen LogP contribution in [-0.2, 0) is 9.53 Å². The number of carbonyl (C=O) groups excluding carboxylic acids is 1. The summed E-state index contributed by atoms with van der Waals surface area (Å²) in [6.45, 7) is 2.95. The third-order valence-electron chi connectivity index (χ3n) is 0.390. The van der Waals surface area contributed by atoms with Gasteiger partial charge in [0.15, 0.2) is 0 Å². The molecular weight excluding hydrogens is 87.0 g/mol. The zero-order chi connectivity index (χ0) is 4.83. The van der Waals surface area contributed by atoms with Gasteiger partial charge in [-0.2, -0.15) is 0 Å². The van der Waals surface area contributed by atoms with Crippen LogP contribution in [0, 0.1) is 0 Å². The molecule has 38 valence electrons. The maximum Gasteiger partial charge on any atom is 1.00 e. The molecule has 0 saturated carbocycles. The molecule has 0 spiro atoms. The van der Waals surface area contributed by atoms with Crippen LogP contribution in [0.15, 0.2) is 0 Å². The summed E-state index contributed by atoms with van der Waals surface area (Å²) in [5.41, 5.74) is 0. The monoisotopic (exact) mass is 96.1 g/mol. The van der Waals surface area contributed by atoms with Gasteiger partial charge >= 0.3 is 18.9 Å². The Hall–Kier alpha value is 0.0674. The van der Waals surface area contributed by atoms with Gasteiger partial charge in [-0.1, -0.05) is 6.92 Å². The molecule has 0 saturated heterocycles. The molecule has 0 aliphatic heterocycles. The Kier molecular flexibility index (Phi) is 13.6. The van der Waals surface area contributed by atoms with E-state index in [1.165, 1.54) is 0 Å². The van der Waals surface area contributed by atoms with E-state index in [4.69, 9.17) is 0 Å². The van der Waals surface area contributed by atoms with Gasteiger partial charge in [0, 0.05) is 0 Å². The standard InChI is InChI=1S/C4H8O2.Li.H/c1-2-3-6-4-5;;/h4H,2-3H2,1H3;;/q;+1;-1. The van der Waals surface area contributed by atoms with E-state index >= 15 is 0 Å². The first kappa shape index (κ1) is 10.1. The summed E-state index contributed by atoms with van der Waals surface area (Å²) in [5.74, 6) is 0. The van der Waals surface area contributed by atoms with Crippen LogP contribution in [-0.4, -0.2) is 13.1 Å². The van der Waals surface area contributed by atoms with Gasteiger partial charge in [-0.05, 0) is 6.42 Å². The molecule has 0 heterocycles. The Bertz CT molecular complexity index is 43.0. The SMILES string of the molecule is CCCOC=O.[H-].[Li+]. The van der Waals surface area contributed by atoms with Crippen molar-refractivity contribution in [2.75, 3.05) is 6.61 Å². The molecule has 0 unspecified atom stereocenters. The molecule has 0 bridgehead atoms. The summed E-state index contributed by atoms with van der Waals surface area (Å²) >= 11 is 0. The molecule has 0 aliphatic carbocycles. The van der Waals surface area contributed by atoms with Crippen molar-refractivity contribution in [3.05, 3.63) is 0 Å². The predicted octanol–water partition coefficient (Wildman–Crippen LogP) is -2.31. The Morgan fingerprint density at radius 1 is 1.86 bits per heavy atom. The number of ether oxygens (including phenoxy) is 1. The molecule has 0 N–H and O–H groups in total. The fourth-order valence-electron chi connectivity index (χ4n) is 0.166. The molecule has 7 heavy (non-hydrogen) atoms. The van der Waals surface area contributed by atoms with Crippen molar-refractivity contribution >= 4 is 6.47 Å². The fraction of sp³-hybridized carbons (Fsp3) is 0.750. The number of carbonyl (C=O) groups is 1. The third-order valence-corrected chi connectivity index (χ3v) is 0.390. The van der Waals surface area contributed by atoms with E-state index in [1.807, 2.05) is 6.92 Å². The Labute approximate surface area is 56.9 Å². The summed E-state index contributed by atoms with van der Waals surface area (Å²) in [5, 5.41) is 0. The summed E-state index contributed by atoms with van der Waals surface area (Å²) < 4.78 is 4.30. The van der Waals surface area contributed by atoms with Crippen LogP contribution in [0.4, 0.5) is 0 Å². The Balaban J connectivity index is -0.000000125. The maximum atomic E-state index is 9.34. The van der Waals surface area contributed by atoms with Crippen molar-refractivity contribution in [1.82, 2.24) is 0 Å². The van der Waals surface area contributed by atoms with E-state index in [9.17, 15) is 4.79 Å². The van der Waals surface area contributed by atoms with Crippen molar-refractivity contribution in [2.45, 2.75) is 13.3 Å². The van der Waals surface area contributed by atoms with Gasteiger partial charge in [0.1, 0.15) is 0 Å². The minimum atomic E-state index is 0. The molecule has 0 radical (unpaired) electrons. The molecule has 0 aliphatic rings. The van der Waals surface area contributed by atoms with E-state index in [1.54, 1.807) is 0 Å². The van der Waals surface area contributed by atoms with Crippen LogP contribution >= 0.6 is 0 Å². The predicted molar refractivity (Wildman–Crippen MR) is 23.4 cm³/mol. The van der Waals surface area contributed by atoms with Gasteiger partial charge in [-0.25, -0.2) is 0 Å². The zero-order valence-electron chi connectivity index (χ0n) is 5.81. The first-order valence-corrected chi connectivity index (χ1v) is 1.97. The van der Waals surface area contributed by atoms with Gasteiger partial charge in [0.25, 0.3) is 6.47 Å². The maximum absolute atomic E-state index is 9.34. The first-order valence-electron chi connectivity index (χ1n) is 1.97. The van der Waals surface area contributed by atoms with Crippen molar-refractivity contribution in [3.63, 3.8) is 0 Å². The molecule has 2 nitrogen and oxygen atoms in total. The van der Waals surface area contributed by atoms with Crippen molar-refractivity contribution in [2.24, 2.45) is 0 Å². The molecule has 0 aromatic rings. The normalized spacial score (nSPS) is 6.43. The molecule has 0 amide bonds. The summed E-state index contributed by atoms with van der Waals surface area (Å²) in [7, 11) is 0. The Morgan fingerprint density at radius 2 is 2.43 bits per heavy atom. The summed E-state index contributed by atoms with van der Waals surface area (Å²) in [6.07, 6.45) is 0.902. The van der Waals surface area contributed by atoms with Gasteiger partial charge in [-0.15, -0.1) is 0 Å². The number of hydrogen-bond acceptors (Lipinski definition) is 2. The minimum Gasteiger partial charge on any atom is -1.00 e. The van der Waals surface area contributed by atoms with Crippen LogP contribution in [0.3, 0.4) is 0 Å². The summed E-state index contributed by atoms with van der Waals surface area (Å²) in [6, 6.07) is 0. The zero-order valence-corrected chi connectivity index (χ0v) is 4.81. The van der Waals surface area contributed by atoms with Crippen LogP contribution in [0.2, 0.25) is 0 Å². The van der Waals surface area contributed by atoms with Crippen LogP contribution in [0.25, 0.3) is 0 Å². The largest absolute Gasteiger partial charge is 1.00 e. The molecule has 0 fully saturated rings. The topological polar surface area (TPSA) is 26.3 Å². The molecule has 0 aromatic heterocycles. The minimum absolute atomic E-state index is 0. The Morgan fingerprint density at radius 3 is 2.57 bits per heavy atom. The summed E-state index contributed by atoms with van der Waals surface area (Å²) in [4.78, 5) is 9.34. The van der Waals surface area contributed by atoms with E-state index in [0.29, 0.717) is 13.1 Å². The van der Waals surface area contributed by atoms with Crippen molar-refractivity contribution in [3.8, 4) is 0 Å². The van der Waals surface area contributed by atoms with E-state index in [-0.39, 0.29) is 20.3 Å². The average Bonchev–Trinajstić information content (AvgIpc) is 1.61. The molecular formula is C4H9LiO2. The second kappa shape index (κ2) is 9.42. The van der Waals surface area contributed by atoms with Gasteiger partial charge < -0.3 is 6.16 Å². The van der Waals surface area contributed by atoms with Gasteiger partial charge in [-0.3, -0.25) is 4.79 Å². The fourth-order valence-corrected chi connectivity index (χ4v) is 0.166. The van der Waals surface area contributed by atoms with Crippen molar-refractivity contribution in [1.29, 1.82) is 0 Å². The average molecular weight is 96.1 g/mol. The van der Waals surface area contributed by atoms with Crippen LogP contribution in [0.5, 0.6) is 0 Å². The van der Waals surface area contributed by atoms with Gasteiger partial charge in [0.2, 0.25) is 0 Å².